The highest BCUT2D eigenvalue weighted by Gasteiger charge is 2.15. The molecule has 1 N–H and O–H groups in total. The van der Waals surface area contributed by atoms with E-state index in [0.717, 1.165) is 34.9 Å². The molecule has 134 valence electrons. The molecule has 6 heteroatoms. The van der Waals surface area contributed by atoms with Crippen LogP contribution in [0.25, 0.3) is 16.8 Å². The molecule has 4 rings (SSSR count). The molecule has 0 aliphatic carbocycles. The lowest BCUT2D eigenvalue weighted by molar-refractivity contribution is 0.174. The van der Waals surface area contributed by atoms with E-state index in [4.69, 9.17) is 9.47 Å². The molecule has 5 nitrogen and oxygen atoms in total. The van der Waals surface area contributed by atoms with Crippen LogP contribution in [-0.2, 0) is 6.42 Å². The average molecular weight is 375 g/mol. The number of ether oxygens (including phenoxy) is 2. The predicted molar refractivity (Wildman–Crippen MR) is 107 cm³/mol. The van der Waals surface area contributed by atoms with Gasteiger partial charge >= 0.3 is 0 Å². The van der Waals surface area contributed by atoms with Gasteiger partial charge in [-0.25, -0.2) is 4.98 Å². The maximum absolute atomic E-state index is 9.52. The maximum atomic E-state index is 9.52. The number of anilines is 1. The van der Waals surface area contributed by atoms with Crippen molar-refractivity contribution in [1.82, 2.24) is 4.98 Å². The summed E-state index contributed by atoms with van der Waals surface area (Å²) in [6.45, 7) is 2.36. The fraction of sp³-hybridized carbons (Fsp3) is 0.143. The predicted octanol–water partition coefficient (Wildman–Crippen LogP) is 5.08. The molecule has 0 saturated carbocycles. The summed E-state index contributed by atoms with van der Waals surface area (Å²) in [4.78, 5) is 4.61. The van der Waals surface area contributed by atoms with Gasteiger partial charge in [0.15, 0.2) is 11.5 Å². The Hall–Kier alpha value is -3.30. The summed E-state index contributed by atoms with van der Waals surface area (Å²) in [6.07, 6.45) is 2.70. The zero-order valence-electron chi connectivity index (χ0n) is 14.7. The molecule has 0 unspecified atom stereocenters. The Morgan fingerprint density at radius 3 is 2.81 bits per heavy atom. The van der Waals surface area contributed by atoms with Crippen molar-refractivity contribution in [2.24, 2.45) is 0 Å². The van der Waals surface area contributed by atoms with Crippen LogP contribution in [-0.4, -0.2) is 11.8 Å². The summed E-state index contributed by atoms with van der Waals surface area (Å²) in [5.41, 5.74) is 4.45. The molecule has 3 aromatic rings. The van der Waals surface area contributed by atoms with E-state index in [1.165, 1.54) is 16.9 Å². The molecule has 0 fully saturated rings. The van der Waals surface area contributed by atoms with Gasteiger partial charge in [0.25, 0.3) is 0 Å². The quantitative estimate of drug-likeness (QED) is 0.630. The first-order chi connectivity index (χ1) is 13.3. The van der Waals surface area contributed by atoms with E-state index in [2.05, 4.69) is 35.4 Å². The number of aromatic nitrogens is 1. The highest BCUT2D eigenvalue weighted by molar-refractivity contribution is 7.11. The Morgan fingerprint density at radius 2 is 2.04 bits per heavy atom. The van der Waals surface area contributed by atoms with E-state index in [1.54, 1.807) is 6.20 Å². The summed E-state index contributed by atoms with van der Waals surface area (Å²) in [6, 6.07) is 16.1. The van der Waals surface area contributed by atoms with Gasteiger partial charge in [-0.1, -0.05) is 19.1 Å². The van der Waals surface area contributed by atoms with Gasteiger partial charge in [-0.3, -0.25) is 0 Å². The maximum Gasteiger partial charge on any atom is 0.231 e. The van der Waals surface area contributed by atoms with Crippen LogP contribution in [0.5, 0.6) is 11.5 Å². The lowest BCUT2D eigenvalue weighted by atomic mass is 10.1. The Balaban J connectivity index is 1.54. The second kappa shape index (κ2) is 7.52. The molecule has 0 spiro atoms. The van der Waals surface area contributed by atoms with Crippen molar-refractivity contribution in [2.45, 2.75) is 13.3 Å². The SMILES string of the molecule is CCc1ccc(N/C=C(\C#N)c2nc(-c3ccc4c(c3)OCO4)cs2)cc1. The molecule has 1 aliphatic rings. The van der Waals surface area contributed by atoms with Crippen LogP contribution in [0, 0.1) is 11.3 Å². The minimum atomic E-state index is 0.243. The van der Waals surface area contributed by atoms with Crippen LogP contribution in [0.15, 0.2) is 54.0 Å². The third-order valence-electron chi connectivity index (χ3n) is 4.27. The number of hydrogen-bond donors (Lipinski definition) is 1. The molecule has 2 aromatic carbocycles. The highest BCUT2D eigenvalue weighted by atomic mass is 32.1. The first-order valence-electron chi connectivity index (χ1n) is 8.58. The van der Waals surface area contributed by atoms with Crippen molar-refractivity contribution in [3.05, 3.63) is 64.6 Å². The second-order valence-corrected chi connectivity index (χ2v) is 6.83. The van der Waals surface area contributed by atoms with Crippen molar-refractivity contribution < 1.29 is 9.47 Å². The minimum absolute atomic E-state index is 0.243. The normalized spacial score (nSPS) is 12.7. The highest BCUT2D eigenvalue weighted by Crippen LogP contribution is 2.36. The second-order valence-electron chi connectivity index (χ2n) is 5.97. The molecule has 27 heavy (non-hydrogen) atoms. The van der Waals surface area contributed by atoms with Gasteiger partial charge in [0, 0.05) is 22.8 Å². The number of allylic oxidation sites excluding steroid dienone is 1. The lowest BCUT2D eigenvalue weighted by Gasteiger charge is -2.03. The summed E-state index contributed by atoms with van der Waals surface area (Å²) >= 11 is 1.44. The van der Waals surface area contributed by atoms with Crippen molar-refractivity contribution in [3.8, 4) is 28.8 Å². The van der Waals surface area contributed by atoms with E-state index in [1.807, 2.05) is 35.7 Å². The smallest absolute Gasteiger partial charge is 0.231 e. The number of nitriles is 1. The van der Waals surface area contributed by atoms with E-state index in [0.29, 0.717) is 10.6 Å². The number of thiazole rings is 1. The summed E-state index contributed by atoms with van der Waals surface area (Å²) in [7, 11) is 0. The van der Waals surface area contributed by atoms with Gasteiger partial charge in [0.05, 0.1) is 5.69 Å². The van der Waals surface area contributed by atoms with Gasteiger partial charge in [-0.15, -0.1) is 11.3 Å². The zero-order chi connectivity index (χ0) is 18.6. The Morgan fingerprint density at radius 1 is 1.22 bits per heavy atom. The topological polar surface area (TPSA) is 67.2 Å². The monoisotopic (exact) mass is 375 g/mol. The van der Waals surface area contributed by atoms with Gasteiger partial charge in [-0.2, -0.15) is 5.26 Å². The van der Waals surface area contributed by atoms with E-state index < -0.39 is 0 Å². The van der Waals surface area contributed by atoms with Crippen molar-refractivity contribution in [2.75, 3.05) is 12.1 Å². The minimum Gasteiger partial charge on any atom is -0.454 e. The Labute approximate surface area is 161 Å². The molecule has 1 aromatic heterocycles. The lowest BCUT2D eigenvalue weighted by Crippen LogP contribution is -1.92. The van der Waals surface area contributed by atoms with Crippen LogP contribution >= 0.6 is 11.3 Å². The standard InChI is InChI=1S/C21H17N3O2S/c1-2-14-3-6-17(7-4-14)23-11-16(10-22)21-24-18(12-27-21)15-5-8-19-20(9-15)26-13-25-19/h3-9,11-12,23H,2,13H2,1H3/b16-11+. The first-order valence-corrected chi connectivity index (χ1v) is 9.46. The molecule has 0 bridgehead atoms. The summed E-state index contributed by atoms with van der Waals surface area (Å²) in [5, 5.41) is 15.3. The average Bonchev–Trinajstić information content (AvgIpc) is 3.38. The number of aryl methyl sites for hydroxylation is 1. The van der Waals surface area contributed by atoms with Crippen LogP contribution in [0.3, 0.4) is 0 Å². The van der Waals surface area contributed by atoms with Gasteiger partial charge in [-0.05, 0) is 42.3 Å². The number of fused-ring (bicyclic) bond motifs is 1. The molecule has 2 heterocycles. The molecule has 0 radical (unpaired) electrons. The van der Waals surface area contributed by atoms with Crippen LogP contribution < -0.4 is 14.8 Å². The third-order valence-corrected chi connectivity index (χ3v) is 5.14. The fourth-order valence-electron chi connectivity index (χ4n) is 2.72. The third kappa shape index (κ3) is 3.64. The fourth-order valence-corrected chi connectivity index (χ4v) is 3.51. The molecular weight excluding hydrogens is 358 g/mol. The van der Waals surface area contributed by atoms with Crippen LogP contribution in [0.1, 0.15) is 17.5 Å². The van der Waals surface area contributed by atoms with Crippen LogP contribution in [0.2, 0.25) is 0 Å². The largest absolute Gasteiger partial charge is 0.454 e. The number of hydrogen-bond acceptors (Lipinski definition) is 6. The van der Waals surface area contributed by atoms with E-state index >= 15 is 0 Å². The first kappa shape index (κ1) is 17.1. The van der Waals surface area contributed by atoms with Crippen molar-refractivity contribution in [1.29, 1.82) is 5.26 Å². The van der Waals surface area contributed by atoms with E-state index in [9.17, 15) is 5.26 Å². The molecule has 0 atom stereocenters. The van der Waals surface area contributed by atoms with Gasteiger partial charge < -0.3 is 14.8 Å². The summed E-state index contributed by atoms with van der Waals surface area (Å²) < 4.78 is 10.8. The number of nitrogens with zero attached hydrogens (tertiary/aromatic N) is 2. The zero-order valence-corrected chi connectivity index (χ0v) is 15.5. The molecule has 0 amide bonds. The molecule has 0 saturated heterocycles. The number of benzene rings is 2. The van der Waals surface area contributed by atoms with Crippen molar-refractivity contribution >= 4 is 22.6 Å². The Kier molecular flexibility index (Phi) is 4.77. The summed E-state index contributed by atoms with van der Waals surface area (Å²) in [5.74, 6) is 1.46. The van der Waals surface area contributed by atoms with Gasteiger partial charge in [0.1, 0.15) is 16.6 Å². The van der Waals surface area contributed by atoms with Crippen molar-refractivity contribution in [3.63, 3.8) is 0 Å². The number of nitrogens with one attached hydrogen (secondary N) is 1. The molecular formula is C21H17N3O2S. The van der Waals surface area contributed by atoms with E-state index in [-0.39, 0.29) is 6.79 Å². The van der Waals surface area contributed by atoms with Crippen LogP contribution in [0.4, 0.5) is 5.69 Å². The van der Waals surface area contributed by atoms with Gasteiger partial charge in [0.2, 0.25) is 6.79 Å². The Bertz CT molecular complexity index is 1030. The number of rotatable bonds is 5. The molecule has 1 aliphatic heterocycles.